The molecule has 1 unspecified atom stereocenters. The van der Waals surface area contributed by atoms with Crippen molar-refractivity contribution in [3.05, 3.63) is 35.9 Å². The monoisotopic (exact) mass is 272 g/mol. The van der Waals surface area contributed by atoms with E-state index in [9.17, 15) is 9.59 Å². The topological polar surface area (TPSA) is 49.4 Å². The fourth-order valence-corrected chi connectivity index (χ4v) is 3.26. The molecular weight excluding hydrogens is 252 g/mol. The lowest BCUT2D eigenvalue weighted by Gasteiger charge is -2.38. The second kappa shape index (κ2) is 5.65. The van der Waals surface area contributed by atoms with Gasteiger partial charge in [-0.2, -0.15) is 0 Å². The van der Waals surface area contributed by atoms with Gasteiger partial charge < -0.3 is 5.32 Å². The van der Waals surface area contributed by atoms with Crippen LogP contribution in [-0.2, 0) is 4.79 Å². The number of hydrogen-bond donors (Lipinski definition) is 1. The summed E-state index contributed by atoms with van der Waals surface area (Å²) >= 11 is 0. The predicted molar refractivity (Wildman–Crippen MR) is 76.3 cm³/mol. The Hall–Kier alpha value is -1.84. The number of hydrogen-bond acceptors (Lipinski definition) is 2. The maximum atomic E-state index is 12.7. The fourth-order valence-electron chi connectivity index (χ4n) is 3.26. The number of carbonyl (C=O) groups is 2. The molecule has 1 heterocycles. The molecule has 1 N–H and O–H groups in total. The Morgan fingerprint density at radius 2 is 1.70 bits per heavy atom. The Labute approximate surface area is 119 Å². The van der Waals surface area contributed by atoms with Crippen molar-refractivity contribution in [2.75, 3.05) is 6.54 Å². The molecule has 1 atom stereocenters. The quantitative estimate of drug-likeness (QED) is 0.899. The first-order chi connectivity index (χ1) is 9.77. The Morgan fingerprint density at radius 3 is 2.40 bits per heavy atom. The number of rotatable bonds is 2. The normalized spacial score (nSPS) is 24.6. The maximum absolute atomic E-state index is 12.7. The standard InChI is InChI=1S/C16H20N2O2/c19-15-14(12-7-3-1-4-8-12)11-17-16(20)18(15)13-9-5-2-6-10-13/h1,3-4,7-8,13-14H,2,5-6,9-11H2,(H,17,20). The first-order valence-electron chi connectivity index (χ1n) is 7.43. The van der Waals surface area contributed by atoms with E-state index in [1.54, 1.807) is 0 Å². The largest absolute Gasteiger partial charge is 0.336 e. The van der Waals surface area contributed by atoms with Gasteiger partial charge in [-0.25, -0.2) is 4.79 Å². The van der Waals surface area contributed by atoms with Gasteiger partial charge in [0, 0.05) is 12.6 Å². The van der Waals surface area contributed by atoms with Crippen molar-refractivity contribution in [3.63, 3.8) is 0 Å². The lowest BCUT2D eigenvalue weighted by Crippen LogP contribution is -2.57. The van der Waals surface area contributed by atoms with Crippen LogP contribution in [0.2, 0.25) is 0 Å². The van der Waals surface area contributed by atoms with Gasteiger partial charge in [-0.15, -0.1) is 0 Å². The van der Waals surface area contributed by atoms with Gasteiger partial charge in [-0.3, -0.25) is 9.69 Å². The summed E-state index contributed by atoms with van der Waals surface area (Å²) in [7, 11) is 0. The van der Waals surface area contributed by atoms with Gasteiger partial charge in [0.05, 0.1) is 5.92 Å². The third-order valence-corrected chi connectivity index (χ3v) is 4.35. The Bertz CT molecular complexity index is 494. The summed E-state index contributed by atoms with van der Waals surface area (Å²) in [6.45, 7) is 0.408. The van der Waals surface area contributed by atoms with Crippen molar-refractivity contribution >= 4 is 11.9 Å². The predicted octanol–water partition coefficient (Wildman–Crippen LogP) is 2.65. The molecule has 1 saturated carbocycles. The number of nitrogens with zero attached hydrogens (tertiary/aromatic N) is 1. The van der Waals surface area contributed by atoms with E-state index >= 15 is 0 Å². The van der Waals surface area contributed by atoms with Crippen molar-refractivity contribution in [1.29, 1.82) is 0 Å². The summed E-state index contributed by atoms with van der Waals surface area (Å²) in [5, 5.41) is 2.87. The summed E-state index contributed by atoms with van der Waals surface area (Å²) in [4.78, 5) is 26.3. The number of carbonyl (C=O) groups excluding carboxylic acids is 2. The molecule has 106 valence electrons. The molecule has 4 nitrogen and oxygen atoms in total. The highest BCUT2D eigenvalue weighted by Crippen LogP contribution is 2.28. The van der Waals surface area contributed by atoms with E-state index in [1.807, 2.05) is 30.3 Å². The molecule has 2 fully saturated rings. The van der Waals surface area contributed by atoms with Gasteiger partial charge in [0.25, 0.3) is 0 Å². The molecule has 4 heteroatoms. The zero-order valence-electron chi connectivity index (χ0n) is 11.5. The average Bonchev–Trinajstić information content (AvgIpc) is 2.49. The average molecular weight is 272 g/mol. The molecule has 2 aliphatic rings. The molecule has 1 aliphatic carbocycles. The number of benzene rings is 1. The van der Waals surface area contributed by atoms with E-state index in [0.717, 1.165) is 31.2 Å². The zero-order valence-corrected chi connectivity index (χ0v) is 11.5. The van der Waals surface area contributed by atoms with Crippen LogP contribution in [0.15, 0.2) is 30.3 Å². The van der Waals surface area contributed by atoms with Crippen LogP contribution in [0.5, 0.6) is 0 Å². The Morgan fingerprint density at radius 1 is 1.00 bits per heavy atom. The molecule has 1 aromatic carbocycles. The van der Waals surface area contributed by atoms with E-state index in [-0.39, 0.29) is 23.9 Å². The maximum Gasteiger partial charge on any atom is 0.324 e. The summed E-state index contributed by atoms with van der Waals surface area (Å²) in [6.07, 6.45) is 5.32. The van der Waals surface area contributed by atoms with E-state index in [4.69, 9.17) is 0 Å². The van der Waals surface area contributed by atoms with Gasteiger partial charge in [0.1, 0.15) is 0 Å². The molecule has 1 saturated heterocycles. The van der Waals surface area contributed by atoms with E-state index in [2.05, 4.69) is 5.32 Å². The van der Waals surface area contributed by atoms with Crippen molar-refractivity contribution in [2.45, 2.75) is 44.1 Å². The molecule has 1 aromatic rings. The van der Waals surface area contributed by atoms with Crippen molar-refractivity contribution in [2.24, 2.45) is 0 Å². The van der Waals surface area contributed by atoms with Crippen LogP contribution in [0.4, 0.5) is 4.79 Å². The molecule has 20 heavy (non-hydrogen) atoms. The first kappa shape index (κ1) is 13.2. The minimum absolute atomic E-state index is 0.0353. The molecule has 3 amide bonds. The fraction of sp³-hybridized carbons (Fsp3) is 0.500. The summed E-state index contributed by atoms with van der Waals surface area (Å²) in [5.74, 6) is -0.275. The smallest absolute Gasteiger partial charge is 0.324 e. The summed E-state index contributed by atoms with van der Waals surface area (Å²) in [6, 6.07) is 9.59. The molecule has 3 rings (SSSR count). The molecule has 0 spiro atoms. The van der Waals surface area contributed by atoms with Crippen LogP contribution in [-0.4, -0.2) is 29.4 Å². The highest BCUT2D eigenvalue weighted by molar-refractivity contribution is 6.00. The van der Waals surface area contributed by atoms with Crippen molar-refractivity contribution in [1.82, 2.24) is 10.2 Å². The second-order valence-electron chi connectivity index (χ2n) is 5.65. The molecular formula is C16H20N2O2. The van der Waals surface area contributed by atoms with Crippen LogP contribution in [0, 0.1) is 0 Å². The number of nitrogens with one attached hydrogen (secondary N) is 1. The van der Waals surface area contributed by atoms with Gasteiger partial charge in [-0.1, -0.05) is 49.6 Å². The Balaban J connectivity index is 1.82. The third-order valence-electron chi connectivity index (χ3n) is 4.35. The van der Waals surface area contributed by atoms with Gasteiger partial charge in [0.2, 0.25) is 5.91 Å². The van der Waals surface area contributed by atoms with Crippen LogP contribution in [0.25, 0.3) is 0 Å². The number of imide groups is 1. The summed E-state index contributed by atoms with van der Waals surface area (Å²) in [5.41, 5.74) is 0.985. The SMILES string of the molecule is O=C1NCC(c2ccccc2)C(=O)N1C1CCCCC1. The lowest BCUT2D eigenvalue weighted by molar-refractivity contribution is -0.133. The number of amides is 3. The van der Waals surface area contributed by atoms with Crippen LogP contribution >= 0.6 is 0 Å². The zero-order chi connectivity index (χ0) is 13.9. The highest BCUT2D eigenvalue weighted by atomic mass is 16.2. The third kappa shape index (κ3) is 2.42. The Kier molecular flexibility index (Phi) is 3.72. The second-order valence-corrected chi connectivity index (χ2v) is 5.65. The van der Waals surface area contributed by atoms with Crippen LogP contribution in [0.3, 0.4) is 0 Å². The minimum atomic E-state index is -0.240. The highest BCUT2D eigenvalue weighted by Gasteiger charge is 2.39. The van der Waals surface area contributed by atoms with Gasteiger partial charge in [-0.05, 0) is 18.4 Å². The summed E-state index contributed by atoms with van der Waals surface area (Å²) < 4.78 is 0. The van der Waals surface area contributed by atoms with Gasteiger partial charge in [0.15, 0.2) is 0 Å². The van der Waals surface area contributed by atoms with Crippen molar-refractivity contribution < 1.29 is 9.59 Å². The lowest BCUT2D eigenvalue weighted by atomic mass is 9.90. The van der Waals surface area contributed by atoms with Crippen LogP contribution < -0.4 is 5.32 Å². The minimum Gasteiger partial charge on any atom is -0.336 e. The van der Waals surface area contributed by atoms with Gasteiger partial charge >= 0.3 is 6.03 Å². The van der Waals surface area contributed by atoms with Crippen LogP contribution in [0.1, 0.15) is 43.6 Å². The van der Waals surface area contributed by atoms with E-state index < -0.39 is 0 Å². The number of urea groups is 1. The first-order valence-corrected chi connectivity index (χ1v) is 7.43. The van der Waals surface area contributed by atoms with E-state index in [1.165, 1.54) is 11.3 Å². The molecule has 1 aliphatic heterocycles. The molecule has 0 bridgehead atoms. The van der Waals surface area contributed by atoms with E-state index in [0.29, 0.717) is 6.54 Å². The molecule has 0 radical (unpaired) electrons. The molecule has 0 aromatic heterocycles. The van der Waals surface area contributed by atoms with Crippen molar-refractivity contribution in [3.8, 4) is 0 Å².